The minimum Gasteiger partial charge on any atom is -0.496 e. The first kappa shape index (κ1) is 33.9. The molecule has 2 amide bonds. The van der Waals surface area contributed by atoms with E-state index in [2.05, 4.69) is 19.2 Å². The smallest absolute Gasteiger partial charge is 0.330 e. The Labute approximate surface area is 284 Å². The first-order valence-electron chi connectivity index (χ1n) is 16.6. The molecule has 48 heavy (non-hydrogen) atoms. The van der Waals surface area contributed by atoms with E-state index >= 15 is 0 Å². The van der Waals surface area contributed by atoms with Crippen molar-refractivity contribution in [3.05, 3.63) is 47.0 Å². The van der Waals surface area contributed by atoms with Crippen LogP contribution in [0.5, 0.6) is 11.5 Å². The number of aliphatic carboxylic acids is 1. The summed E-state index contributed by atoms with van der Waals surface area (Å²) in [5.74, 6) is -0.739. The molecule has 0 bridgehead atoms. The molecule has 3 aromatic rings. The molecular formula is C36H44N4O7S. The normalized spacial score (nSPS) is 26.0. The number of carboxylic acid groups (broad SMARTS) is 1. The Bertz CT molecular complexity index is 1770. The highest BCUT2D eigenvalue weighted by Crippen LogP contribution is 2.46. The van der Waals surface area contributed by atoms with E-state index in [1.54, 1.807) is 21.0 Å². The van der Waals surface area contributed by atoms with Gasteiger partial charge in [-0.25, -0.2) is 14.8 Å². The summed E-state index contributed by atoms with van der Waals surface area (Å²) in [6.07, 6.45) is 6.14. The van der Waals surface area contributed by atoms with Crippen LogP contribution in [0.2, 0.25) is 0 Å². The molecule has 4 heterocycles. The molecule has 2 N–H and O–H groups in total. The minimum absolute atomic E-state index is 0.121. The van der Waals surface area contributed by atoms with E-state index in [1.165, 1.54) is 16.2 Å². The fourth-order valence-corrected chi connectivity index (χ4v) is 7.58. The van der Waals surface area contributed by atoms with E-state index in [9.17, 15) is 19.5 Å². The van der Waals surface area contributed by atoms with Crippen molar-refractivity contribution >= 4 is 40.0 Å². The Kier molecular flexibility index (Phi) is 9.25. The van der Waals surface area contributed by atoms with Crippen LogP contribution in [0.3, 0.4) is 0 Å². The zero-order valence-corrected chi connectivity index (χ0v) is 29.2. The Morgan fingerprint density at radius 1 is 1.19 bits per heavy atom. The predicted molar refractivity (Wildman–Crippen MR) is 182 cm³/mol. The van der Waals surface area contributed by atoms with Crippen molar-refractivity contribution in [1.29, 1.82) is 0 Å². The topological polar surface area (TPSA) is 140 Å². The summed E-state index contributed by atoms with van der Waals surface area (Å²) >= 11 is 1.51. The largest absolute Gasteiger partial charge is 0.496 e. The summed E-state index contributed by atoms with van der Waals surface area (Å²) in [5, 5.41) is 16.5. The van der Waals surface area contributed by atoms with Gasteiger partial charge in [-0.05, 0) is 64.5 Å². The summed E-state index contributed by atoms with van der Waals surface area (Å²) in [7, 11) is 1.62. The SMILES string of the molecule is COc1ccc2c(OC3CC4C(=O)NC5(C(=O)O)CC5C=CCCCCOC(C)(C)C(=O)N4C3)cc(-c3nc(C(C)C)cs3)nc2c1C. The number of aromatic nitrogens is 2. The number of carbonyl (C=O) groups excluding carboxylic acids is 2. The number of fused-ring (bicyclic) bond motifs is 3. The number of nitrogens with one attached hydrogen (secondary N) is 1. The maximum Gasteiger partial charge on any atom is 0.330 e. The first-order valence-corrected chi connectivity index (χ1v) is 17.5. The maximum absolute atomic E-state index is 14.1. The average molecular weight is 677 g/mol. The van der Waals surface area contributed by atoms with E-state index in [0.717, 1.165) is 40.9 Å². The van der Waals surface area contributed by atoms with Gasteiger partial charge in [0, 0.05) is 41.3 Å². The van der Waals surface area contributed by atoms with Crippen molar-refractivity contribution < 1.29 is 33.7 Å². The van der Waals surface area contributed by atoms with Gasteiger partial charge in [0.1, 0.15) is 45.5 Å². The van der Waals surface area contributed by atoms with Crippen molar-refractivity contribution in [2.45, 2.75) is 95.9 Å². The lowest BCUT2D eigenvalue weighted by atomic mass is 10.1. The Morgan fingerprint density at radius 2 is 1.98 bits per heavy atom. The maximum atomic E-state index is 14.1. The number of hydrogen-bond donors (Lipinski definition) is 2. The molecule has 1 saturated carbocycles. The van der Waals surface area contributed by atoms with E-state index in [4.69, 9.17) is 24.2 Å². The van der Waals surface area contributed by atoms with Gasteiger partial charge in [0.2, 0.25) is 5.91 Å². The molecule has 1 saturated heterocycles. The second kappa shape index (κ2) is 13.1. The van der Waals surface area contributed by atoms with Crippen LogP contribution < -0.4 is 14.8 Å². The van der Waals surface area contributed by atoms with Crippen LogP contribution in [0.4, 0.5) is 0 Å². The Morgan fingerprint density at radius 3 is 2.69 bits per heavy atom. The zero-order chi connectivity index (χ0) is 34.4. The summed E-state index contributed by atoms with van der Waals surface area (Å²) in [6, 6.07) is 4.68. The van der Waals surface area contributed by atoms with Crippen LogP contribution in [0.1, 0.15) is 77.0 Å². The van der Waals surface area contributed by atoms with Crippen LogP contribution >= 0.6 is 11.3 Å². The van der Waals surface area contributed by atoms with Gasteiger partial charge in [0.25, 0.3) is 5.91 Å². The number of benzene rings is 1. The quantitative estimate of drug-likeness (QED) is 0.318. The van der Waals surface area contributed by atoms with Gasteiger partial charge in [0.05, 0.1) is 24.9 Å². The summed E-state index contributed by atoms with van der Waals surface area (Å²) in [5.41, 5.74) is 0.599. The van der Waals surface area contributed by atoms with Gasteiger partial charge < -0.3 is 29.5 Å². The summed E-state index contributed by atoms with van der Waals surface area (Å²) in [6.45, 7) is 10.1. The third-order valence-corrected chi connectivity index (χ3v) is 10.6. The van der Waals surface area contributed by atoms with E-state index < -0.39 is 35.2 Å². The number of carbonyl (C=O) groups is 3. The minimum atomic E-state index is -1.39. The van der Waals surface area contributed by atoms with Crippen LogP contribution in [0.25, 0.3) is 21.6 Å². The lowest BCUT2D eigenvalue weighted by molar-refractivity contribution is -0.158. The molecular weight excluding hydrogens is 632 g/mol. The van der Waals surface area contributed by atoms with Gasteiger partial charge in [-0.3, -0.25) is 9.59 Å². The summed E-state index contributed by atoms with van der Waals surface area (Å²) < 4.78 is 18.4. The zero-order valence-electron chi connectivity index (χ0n) is 28.4. The van der Waals surface area contributed by atoms with Gasteiger partial charge in [-0.2, -0.15) is 0 Å². The van der Waals surface area contributed by atoms with Crippen molar-refractivity contribution in [2.24, 2.45) is 5.92 Å². The van der Waals surface area contributed by atoms with Gasteiger partial charge in [0.15, 0.2) is 0 Å². The molecule has 1 aliphatic carbocycles. The van der Waals surface area contributed by atoms with Crippen LogP contribution in [-0.4, -0.2) is 81.3 Å². The highest BCUT2D eigenvalue weighted by molar-refractivity contribution is 7.13. The van der Waals surface area contributed by atoms with Crippen molar-refractivity contribution in [3.8, 4) is 22.2 Å². The lowest BCUT2D eigenvalue weighted by Crippen LogP contribution is -2.56. The number of nitrogens with zero attached hydrogens (tertiary/aromatic N) is 3. The van der Waals surface area contributed by atoms with E-state index in [1.807, 2.05) is 42.7 Å². The third kappa shape index (κ3) is 6.39. The molecule has 0 radical (unpaired) electrons. The second-order valence-corrected chi connectivity index (χ2v) is 14.7. The molecule has 4 unspecified atom stereocenters. The van der Waals surface area contributed by atoms with Crippen LogP contribution in [0, 0.1) is 12.8 Å². The first-order chi connectivity index (χ1) is 22.8. The molecule has 12 heteroatoms. The fourth-order valence-electron chi connectivity index (χ4n) is 6.64. The van der Waals surface area contributed by atoms with Gasteiger partial charge in [-0.1, -0.05) is 26.0 Å². The number of hydrogen-bond acceptors (Lipinski definition) is 9. The van der Waals surface area contributed by atoms with E-state index in [0.29, 0.717) is 35.7 Å². The molecule has 1 aromatic carbocycles. The molecule has 2 aromatic heterocycles. The number of methoxy groups -OCH3 is 1. The van der Waals surface area contributed by atoms with E-state index in [-0.39, 0.29) is 30.7 Å². The molecule has 256 valence electrons. The number of ether oxygens (including phenoxy) is 3. The van der Waals surface area contributed by atoms with Gasteiger partial charge >= 0.3 is 5.97 Å². The monoisotopic (exact) mass is 676 g/mol. The highest BCUT2D eigenvalue weighted by atomic mass is 32.1. The lowest BCUT2D eigenvalue weighted by Gasteiger charge is -2.33. The van der Waals surface area contributed by atoms with Crippen LogP contribution in [0.15, 0.2) is 35.7 Å². The standard InChI is InChI=1S/C36H44N4O7S/c1-20(2)26-19-48-32(38-26)25-16-29(24-12-13-28(45-6)21(3)30(24)37-25)47-23-15-27-31(41)39-36(34(43)44)17-22(36)11-9-7-8-10-14-46-35(4,5)33(42)40(27)18-23/h9,11-13,16,19-20,22-23,27H,7-8,10,14-15,17-18H2,1-6H3,(H,39,41)(H,43,44). The average Bonchev–Trinajstić information content (AvgIpc) is 3.36. The summed E-state index contributed by atoms with van der Waals surface area (Å²) in [4.78, 5) is 51.7. The predicted octanol–water partition coefficient (Wildman–Crippen LogP) is 5.64. The molecule has 11 nitrogen and oxygen atoms in total. The molecule has 4 atom stereocenters. The van der Waals surface area contributed by atoms with Crippen LogP contribution in [-0.2, 0) is 19.1 Å². The molecule has 2 aliphatic heterocycles. The molecule has 3 aliphatic rings. The Hall–Kier alpha value is -4.03. The second-order valence-electron chi connectivity index (χ2n) is 13.8. The highest BCUT2D eigenvalue weighted by Gasteiger charge is 2.61. The van der Waals surface area contributed by atoms with Gasteiger partial charge in [-0.15, -0.1) is 11.3 Å². The number of allylic oxidation sites excluding steroid dienone is 1. The number of thiazole rings is 1. The number of aryl methyl sites for hydroxylation is 1. The van der Waals surface area contributed by atoms with Crippen molar-refractivity contribution in [3.63, 3.8) is 0 Å². The molecule has 0 spiro atoms. The Balaban J connectivity index is 1.36. The number of pyridine rings is 1. The van der Waals surface area contributed by atoms with Crippen molar-refractivity contribution in [1.82, 2.24) is 20.2 Å². The number of amides is 2. The number of carboxylic acids is 1. The molecule has 6 rings (SSSR count). The number of rotatable bonds is 6. The fraction of sp³-hybridized carbons (Fsp3) is 0.528. The third-order valence-electron chi connectivity index (χ3n) is 9.67. The van der Waals surface area contributed by atoms with Crippen molar-refractivity contribution in [2.75, 3.05) is 20.3 Å². The molecule has 2 fully saturated rings.